The Morgan fingerprint density at radius 3 is 2.71 bits per heavy atom. The molecule has 1 aromatic carbocycles. The summed E-state index contributed by atoms with van der Waals surface area (Å²) in [5.41, 5.74) is 0.295. The van der Waals surface area contributed by atoms with E-state index in [2.05, 4.69) is 15.9 Å². The molecule has 1 rings (SSSR count). The van der Waals surface area contributed by atoms with Crippen LogP contribution in [0.2, 0.25) is 5.02 Å². The van der Waals surface area contributed by atoms with Gasteiger partial charge in [-0.2, -0.15) is 0 Å². The van der Waals surface area contributed by atoms with Crippen LogP contribution in [0, 0.1) is 0 Å². The standard InChI is InChI=1S/C12H15BrClNO2/c1-2-6-15(7-5-13)12(17)10-4-3-9(14)8-11(10)16/h3-4,8,16H,2,5-7H2,1H3. The van der Waals surface area contributed by atoms with Crippen LogP contribution in [0.25, 0.3) is 0 Å². The summed E-state index contributed by atoms with van der Waals surface area (Å²) in [6, 6.07) is 4.54. The molecule has 0 aliphatic carbocycles. The van der Waals surface area contributed by atoms with Crippen molar-refractivity contribution >= 4 is 33.4 Å². The van der Waals surface area contributed by atoms with Crippen LogP contribution >= 0.6 is 27.5 Å². The first kappa shape index (κ1) is 14.3. The molecule has 0 bridgehead atoms. The van der Waals surface area contributed by atoms with E-state index < -0.39 is 0 Å². The number of hydrogen-bond donors (Lipinski definition) is 1. The Morgan fingerprint density at radius 1 is 1.47 bits per heavy atom. The van der Waals surface area contributed by atoms with Crippen LogP contribution < -0.4 is 0 Å². The van der Waals surface area contributed by atoms with Gasteiger partial charge in [-0.1, -0.05) is 34.5 Å². The van der Waals surface area contributed by atoms with Gasteiger partial charge in [-0.3, -0.25) is 4.79 Å². The first-order chi connectivity index (χ1) is 8.10. The highest BCUT2D eigenvalue weighted by Gasteiger charge is 2.17. The summed E-state index contributed by atoms with van der Waals surface area (Å²) >= 11 is 9.04. The van der Waals surface area contributed by atoms with Crippen molar-refractivity contribution in [3.8, 4) is 5.75 Å². The molecule has 17 heavy (non-hydrogen) atoms. The van der Waals surface area contributed by atoms with E-state index in [4.69, 9.17) is 11.6 Å². The Hall–Kier alpha value is -0.740. The minimum absolute atomic E-state index is 0.0711. The fraction of sp³-hybridized carbons (Fsp3) is 0.417. The molecule has 0 unspecified atom stereocenters. The molecule has 0 atom stereocenters. The van der Waals surface area contributed by atoms with Crippen LogP contribution in [-0.2, 0) is 0 Å². The van der Waals surface area contributed by atoms with Gasteiger partial charge in [-0.05, 0) is 24.6 Å². The lowest BCUT2D eigenvalue weighted by Gasteiger charge is -2.21. The van der Waals surface area contributed by atoms with Crippen LogP contribution in [0.4, 0.5) is 0 Å². The summed E-state index contributed by atoms with van der Waals surface area (Å²) in [6.45, 7) is 3.30. The maximum atomic E-state index is 12.2. The maximum Gasteiger partial charge on any atom is 0.257 e. The van der Waals surface area contributed by atoms with Gasteiger partial charge in [0.15, 0.2) is 0 Å². The first-order valence-electron chi connectivity index (χ1n) is 5.44. The van der Waals surface area contributed by atoms with Gasteiger partial charge in [0.1, 0.15) is 5.75 Å². The number of hydrogen-bond acceptors (Lipinski definition) is 2. The number of phenolic OH excluding ortho intramolecular Hbond substituents is 1. The van der Waals surface area contributed by atoms with Crippen molar-refractivity contribution in [2.75, 3.05) is 18.4 Å². The number of amides is 1. The van der Waals surface area contributed by atoms with E-state index in [0.29, 0.717) is 29.0 Å². The van der Waals surface area contributed by atoms with Crippen molar-refractivity contribution in [3.05, 3.63) is 28.8 Å². The van der Waals surface area contributed by atoms with Crippen LogP contribution in [0.1, 0.15) is 23.7 Å². The van der Waals surface area contributed by atoms with Crippen LogP contribution in [0.3, 0.4) is 0 Å². The number of benzene rings is 1. The molecule has 0 fully saturated rings. The number of carbonyl (C=O) groups excluding carboxylic acids is 1. The molecule has 0 radical (unpaired) electrons. The molecule has 0 spiro atoms. The lowest BCUT2D eigenvalue weighted by Crippen LogP contribution is -2.33. The Morgan fingerprint density at radius 2 is 2.18 bits per heavy atom. The molecule has 0 saturated heterocycles. The summed E-state index contributed by atoms with van der Waals surface area (Å²) < 4.78 is 0. The maximum absolute atomic E-state index is 12.2. The van der Waals surface area contributed by atoms with Crippen molar-refractivity contribution in [1.82, 2.24) is 4.90 Å². The zero-order valence-corrected chi connectivity index (χ0v) is 12.0. The molecular weight excluding hydrogens is 305 g/mol. The topological polar surface area (TPSA) is 40.5 Å². The van der Waals surface area contributed by atoms with Crippen molar-refractivity contribution < 1.29 is 9.90 Å². The van der Waals surface area contributed by atoms with Gasteiger partial charge in [-0.25, -0.2) is 0 Å². The van der Waals surface area contributed by atoms with E-state index in [-0.39, 0.29) is 11.7 Å². The Labute approximate surface area is 115 Å². The number of carbonyl (C=O) groups is 1. The average Bonchev–Trinajstić information content (AvgIpc) is 2.28. The minimum Gasteiger partial charge on any atom is -0.507 e. The summed E-state index contributed by atoms with van der Waals surface area (Å²) in [7, 11) is 0. The van der Waals surface area contributed by atoms with Gasteiger partial charge in [-0.15, -0.1) is 0 Å². The van der Waals surface area contributed by atoms with Crippen molar-refractivity contribution in [1.29, 1.82) is 0 Å². The van der Waals surface area contributed by atoms with E-state index in [0.717, 1.165) is 6.42 Å². The highest BCUT2D eigenvalue weighted by Crippen LogP contribution is 2.23. The van der Waals surface area contributed by atoms with Crippen molar-refractivity contribution in [3.63, 3.8) is 0 Å². The summed E-state index contributed by atoms with van der Waals surface area (Å²) in [4.78, 5) is 13.9. The Balaban J connectivity index is 2.92. The Bertz CT molecular complexity index is 392. The van der Waals surface area contributed by atoms with Gasteiger partial charge < -0.3 is 10.0 Å². The second-order valence-electron chi connectivity index (χ2n) is 3.64. The summed E-state index contributed by atoms with van der Waals surface area (Å²) in [5, 5.41) is 10.8. The fourth-order valence-corrected chi connectivity index (χ4v) is 2.14. The quantitative estimate of drug-likeness (QED) is 0.846. The zero-order chi connectivity index (χ0) is 12.8. The predicted molar refractivity (Wildman–Crippen MR) is 73.1 cm³/mol. The monoisotopic (exact) mass is 319 g/mol. The lowest BCUT2D eigenvalue weighted by molar-refractivity contribution is 0.0763. The summed E-state index contributed by atoms with van der Waals surface area (Å²) in [6.07, 6.45) is 0.882. The third-order valence-electron chi connectivity index (χ3n) is 2.33. The second kappa shape index (κ2) is 6.87. The van der Waals surface area contributed by atoms with E-state index in [9.17, 15) is 9.90 Å². The molecule has 0 saturated carbocycles. The lowest BCUT2D eigenvalue weighted by atomic mass is 10.1. The van der Waals surface area contributed by atoms with E-state index in [1.807, 2.05) is 6.92 Å². The third-order valence-corrected chi connectivity index (χ3v) is 2.92. The smallest absolute Gasteiger partial charge is 0.257 e. The molecule has 0 aromatic heterocycles. The number of halogens is 2. The predicted octanol–water partition coefficient (Wildman–Crippen LogP) is 3.29. The van der Waals surface area contributed by atoms with E-state index >= 15 is 0 Å². The highest BCUT2D eigenvalue weighted by atomic mass is 79.9. The second-order valence-corrected chi connectivity index (χ2v) is 4.87. The van der Waals surface area contributed by atoms with E-state index in [1.165, 1.54) is 6.07 Å². The highest BCUT2D eigenvalue weighted by molar-refractivity contribution is 9.09. The largest absolute Gasteiger partial charge is 0.507 e. The molecule has 0 aliphatic heterocycles. The third kappa shape index (κ3) is 3.89. The number of rotatable bonds is 5. The van der Waals surface area contributed by atoms with Gasteiger partial charge >= 0.3 is 0 Å². The average molecular weight is 321 g/mol. The van der Waals surface area contributed by atoms with E-state index in [1.54, 1.807) is 17.0 Å². The molecule has 5 heteroatoms. The zero-order valence-electron chi connectivity index (χ0n) is 9.62. The number of alkyl halides is 1. The molecule has 1 amide bonds. The van der Waals surface area contributed by atoms with Crippen LogP contribution in [0.15, 0.2) is 18.2 Å². The molecule has 1 aromatic rings. The number of phenols is 1. The molecule has 1 N–H and O–H groups in total. The molecule has 3 nitrogen and oxygen atoms in total. The number of aromatic hydroxyl groups is 1. The van der Waals surface area contributed by atoms with Crippen LogP contribution in [0.5, 0.6) is 5.75 Å². The van der Waals surface area contributed by atoms with Gasteiger partial charge in [0.25, 0.3) is 5.91 Å². The van der Waals surface area contributed by atoms with Crippen molar-refractivity contribution in [2.45, 2.75) is 13.3 Å². The molecule has 0 aliphatic rings. The molecule has 0 heterocycles. The van der Waals surface area contributed by atoms with Crippen molar-refractivity contribution in [2.24, 2.45) is 0 Å². The van der Waals surface area contributed by atoms with Gasteiger partial charge in [0.05, 0.1) is 5.56 Å². The molecular formula is C12H15BrClNO2. The van der Waals surface area contributed by atoms with Gasteiger partial charge in [0.2, 0.25) is 0 Å². The number of nitrogens with zero attached hydrogens (tertiary/aromatic N) is 1. The Kier molecular flexibility index (Phi) is 5.78. The van der Waals surface area contributed by atoms with Gasteiger partial charge in [0, 0.05) is 23.4 Å². The normalized spacial score (nSPS) is 10.3. The summed E-state index contributed by atoms with van der Waals surface area (Å²) in [5.74, 6) is -0.237. The van der Waals surface area contributed by atoms with Crippen LogP contribution in [-0.4, -0.2) is 34.3 Å². The first-order valence-corrected chi connectivity index (χ1v) is 6.93. The SMILES string of the molecule is CCCN(CCBr)C(=O)c1ccc(Cl)cc1O. The fourth-order valence-electron chi connectivity index (χ4n) is 1.54. The molecule has 94 valence electrons. The minimum atomic E-state index is -0.166.